The van der Waals surface area contributed by atoms with Gasteiger partial charge >= 0.3 is 0 Å². The van der Waals surface area contributed by atoms with Gasteiger partial charge in [0.15, 0.2) is 0 Å². The molecule has 1 heterocycles. The molecule has 0 spiro atoms. The highest BCUT2D eigenvalue weighted by Gasteiger charge is 2.31. The maximum absolute atomic E-state index is 13.0. The minimum Gasteiger partial charge on any atom is -0.386 e. The highest BCUT2D eigenvalue weighted by molar-refractivity contribution is 6.35. The zero-order valence-corrected chi connectivity index (χ0v) is 14.5. The molecular weight excluding hydrogens is 362 g/mol. The van der Waals surface area contributed by atoms with E-state index in [0.29, 0.717) is 27.9 Å². The molecule has 0 saturated heterocycles. The van der Waals surface area contributed by atoms with Gasteiger partial charge < -0.3 is 5.73 Å². The van der Waals surface area contributed by atoms with Crippen molar-refractivity contribution in [1.29, 1.82) is 5.26 Å². The summed E-state index contributed by atoms with van der Waals surface area (Å²) >= 11 is 12.2. The molecule has 25 heavy (non-hydrogen) atoms. The quantitative estimate of drug-likeness (QED) is 0.867. The summed E-state index contributed by atoms with van der Waals surface area (Å²) in [5, 5.41) is 10.4. The van der Waals surface area contributed by atoms with Gasteiger partial charge in [0.1, 0.15) is 29.4 Å². The zero-order valence-electron chi connectivity index (χ0n) is 13.0. The van der Waals surface area contributed by atoms with Crippen LogP contribution in [0.15, 0.2) is 52.4 Å². The van der Waals surface area contributed by atoms with E-state index >= 15 is 0 Å². The molecule has 0 radical (unpaired) electrons. The molecule has 2 aromatic rings. The summed E-state index contributed by atoms with van der Waals surface area (Å²) in [5.41, 5.74) is 7.48. The van der Waals surface area contributed by atoms with Crippen LogP contribution in [0.25, 0.3) is 0 Å². The van der Waals surface area contributed by atoms with Crippen LogP contribution in [0, 0.1) is 23.1 Å². The standard InChI is InChI=1S/C18H13Cl2FN4/c19-11-3-6-13(15(20)8-11)17-14(9-22)18(23)25-16(24-17)7-10-1-4-12(21)5-2-10/h1-6,8,14,17H,7H2,(H2,23,24,25). The maximum atomic E-state index is 13.0. The summed E-state index contributed by atoms with van der Waals surface area (Å²) in [4.78, 5) is 8.80. The van der Waals surface area contributed by atoms with Crippen LogP contribution in [0.1, 0.15) is 17.2 Å². The first kappa shape index (κ1) is 17.4. The first-order chi connectivity index (χ1) is 12.0. The van der Waals surface area contributed by atoms with Gasteiger partial charge in [-0.1, -0.05) is 41.4 Å². The highest BCUT2D eigenvalue weighted by atomic mass is 35.5. The van der Waals surface area contributed by atoms with Crippen LogP contribution < -0.4 is 5.73 Å². The third-order valence-corrected chi connectivity index (χ3v) is 4.44. The predicted molar refractivity (Wildman–Crippen MR) is 97.5 cm³/mol. The number of benzene rings is 2. The van der Waals surface area contributed by atoms with Crippen molar-refractivity contribution in [2.45, 2.75) is 12.5 Å². The lowest BCUT2D eigenvalue weighted by Gasteiger charge is -2.24. The molecule has 0 bridgehead atoms. The van der Waals surface area contributed by atoms with Gasteiger partial charge in [0, 0.05) is 16.5 Å². The Bertz CT molecular complexity index is 900. The third kappa shape index (κ3) is 3.81. The number of amidine groups is 2. The second-order valence-corrected chi connectivity index (χ2v) is 6.45. The van der Waals surface area contributed by atoms with Crippen molar-refractivity contribution < 1.29 is 4.39 Å². The molecule has 1 aliphatic heterocycles. The molecule has 7 heteroatoms. The Hall–Kier alpha value is -2.42. The lowest BCUT2D eigenvalue weighted by Crippen LogP contribution is -2.32. The molecule has 0 fully saturated rings. The first-order valence-electron chi connectivity index (χ1n) is 7.47. The van der Waals surface area contributed by atoms with Gasteiger partial charge in [0.05, 0.1) is 6.07 Å². The molecule has 2 atom stereocenters. The minimum atomic E-state index is -0.712. The van der Waals surface area contributed by atoms with Crippen molar-refractivity contribution in [2.75, 3.05) is 0 Å². The first-order valence-corrected chi connectivity index (χ1v) is 8.23. The van der Waals surface area contributed by atoms with E-state index in [-0.39, 0.29) is 11.7 Å². The molecule has 0 saturated carbocycles. The fourth-order valence-corrected chi connectivity index (χ4v) is 3.16. The number of nitriles is 1. The van der Waals surface area contributed by atoms with Gasteiger partial charge in [-0.25, -0.2) is 9.38 Å². The monoisotopic (exact) mass is 374 g/mol. The molecule has 0 aromatic heterocycles. The lowest BCUT2D eigenvalue weighted by atomic mass is 9.92. The number of rotatable bonds is 3. The van der Waals surface area contributed by atoms with Crippen LogP contribution in [0.5, 0.6) is 0 Å². The van der Waals surface area contributed by atoms with Crippen molar-refractivity contribution in [2.24, 2.45) is 21.6 Å². The summed E-state index contributed by atoms with van der Waals surface area (Å²) in [5.74, 6) is -0.374. The smallest absolute Gasteiger partial charge is 0.130 e. The van der Waals surface area contributed by atoms with Gasteiger partial charge in [-0.2, -0.15) is 5.26 Å². The summed E-state index contributed by atoms with van der Waals surface area (Å²) in [6, 6.07) is 12.6. The van der Waals surface area contributed by atoms with E-state index in [0.717, 1.165) is 5.56 Å². The molecule has 0 amide bonds. The van der Waals surface area contributed by atoms with Crippen LogP contribution in [0.3, 0.4) is 0 Å². The van der Waals surface area contributed by atoms with Gasteiger partial charge in [0.2, 0.25) is 0 Å². The van der Waals surface area contributed by atoms with Crippen molar-refractivity contribution >= 4 is 34.9 Å². The summed E-state index contributed by atoms with van der Waals surface area (Å²) in [6.07, 6.45) is 0.376. The fraction of sp³-hybridized carbons (Fsp3) is 0.167. The van der Waals surface area contributed by atoms with Gasteiger partial charge in [0.25, 0.3) is 0 Å². The van der Waals surface area contributed by atoms with Crippen molar-refractivity contribution in [3.05, 3.63) is 69.5 Å². The average molecular weight is 375 g/mol. The molecule has 3 rings (SSSR count). The van der Waals surface area contributed by atoms with Crippen LogP contribution in [0.2, 0.25) is 10.0 Å². The Kier molecular flexibility index (Phi) is 5.03. The second kappa shape index (κ2) is 7.22. The SMILES string of the molecule is N#CC1C(N)=NC(Cc2ccc(F)cc2)=NC1c1ccc(Cl)cc1Cl. The number of hydrogen-bond acceptors (Lipinski definition) is 4. The van der Waals surface area contributed by atoms with E-state index in [4.69, 9.17) is 28.9 Å². The zero-order chi connectivity index (χ0) is 18.0. The number of nitrogens with two attached hydrogens (primary N) is 1. The summed E-state index contributed by atoms with van der Waals surface area (Å²) < 4.78 is 13.0. The van der Waals surface area contributed by atoms with Crippen molar-refractivity contribution in [3.63, 3.8) is 0 Å². The Morgan fingerprint density at radius 1 is 1.16 bits per heavy atom. The molecule has 126 valence electrons. The predicted octanol–water partition coefficient (Wildman–Crippen LogP) is 4.33. The maximum Gasteiger partial charge on any atom is 0.130 e. The number of nitrogens with zero attached hydrogens (tertiary/aromatic N) is 3. The molecular formula is C18H13Cl2FN4. The molecule has 2 aromatic carbocycles. The Balaban J connectivity index is 1.97. The highest BCUT2D eigenvalue weighted by Crippen LogP contribution is 2.35. The van der Waals surface area contributed by atoms with Gasteiger partial charge in [-0.15, -0.1) is 0 Å². The Labute approximate surface area is 154 Å². The molecule has 1 aliphatic rings. The van der Waals surface area contributed by atoms with E-state index in [9.17, 15) is 9.65 Å². The summed E-state index contributed by atoms with van der Waals surface area (Å²) in [7, 11) is 0. The lowest BCUT2D eigenvalue weighted by molar-refractivity contribution is 0.627. The van der Waals surface area contributed by atoms with Crippen LogP contribution in [-0.4, -0.2) is 11.7 Å². The minimum absolute atomic E-state index is 0.186. The normalized spacial score (nSPS) is 19.8. The fourth-order valence-electron chi connectivity index (χ4n) is 2.64. The van der Waals surface area contributed by atoms with Crippen LogP contribution in [0.4, 0.5) is 4.39 Å². The number of aliphatic imine (C=N–C) groups is 2. The van der Waals surface area contributed by atoms with Crippen LogP contribution in [-0.2, 0) is 6.42 Å². The van der Waals surface area contributed by atoms with Gasteiger partial charge in [-0.05, 0) is 35.4 Å². The third-order valence-electron chi connectivity index (χ3n) is 3.88. The van der Waals surface area contributed by atoms with E-state index in [1.54, 1.807) is 30.3 Å². The van der Waals surface area contributed by atoms with E-state index in [1.807, 2.05) is 0 Å². The largest absolute Gasteiger partial charge is 0.386 e. The van der Waals surface area contributed by atoms with Crippen molar-refractivity contribution in [1.82, 2.24) is 0 Å². The topological polar surface area (TPSA) is 74.5 Å². The number of halogens is 3. The van der Waals surface area contributed by atoms with Gasteiger partial charge in [-0.3, -0.25) is 4.99 Å². The van der Waals surface area contributed by atoms with E-state index < -0.39 is 12.0 Å². The Morgan fingerprint density at radius 2 is 1.88 bits per heavy atom. The number of hydrogen-bond donors (Lipinski definition) is 1. The van der Waals surface area contributed by atoms with Crippen LogP contribution >= 0.6 is 23.2 Å². The van der Waals surface area contributed by atoms with Crippen molar-refractivity contribution in [3.8, 4) is 6.07 Å². The molecule has 0 aliphatic carbocycles. The molecule has 4 nitrogen and oxygen atoms in total. The van der Waals surface area contributed by atoms with E-state index in [2.05, 4.69) is 16.1 Å². The molecule has 2 N–H and O–H groups in total. The average Bonchev–Trinajstić information content (AvgIpc) is 2.56. The molecule has 2 unspecified atom stereocenters. The van der Waals surface area contributed by atoms with E-state index in [1.165, 1.54) is 12.1 Å². The summed E-state index contributed by atoms with van der Waals surface area (Å²) in [6.45, 7) is 0. The second-order valence-electron chi connectivity index (χ2n) is 5.60. The Morgan fingerprint density at radius 3 is 2.52 bits per heavy atom.